The third-order valence-electron chi connectivity index (χ3n) is 4.73. The van der Waals surface area contributed by atoms with E-state index in [4.69, 9.17) is 16.3 Å². The Morgan fingerprint density at radius 1 is 1.12 bits per heavy atom. The van der Waals surface area contributed by atoms with Crippen LogP contribution in [0.25, 0.3) is 17.1 Å². The van der Waals surface area contributed by atoms with Crippen LogP contribution < -0.4 is 10.2 Å². The lowest BCUT2D eigenvalue weighted by atomic mass is 10.2. The molecule has 10 heteroatoms. The van der Waals surface area contributed by atoms with Gasteiger partial charge in [-0.05, 0) is 48.5 Å². The van der Waals surface area contributed by atoms with Crippen LogP contribution in [-0.4, -0.2) is 44.9 Å². The average Bonchev–Trinajstić information content (AvgIpc) is 3.29. The van der Waals surface area contributed by atoms with Crippen LogP contribution in [0.4, 0.5) is 0 Å². The van der Waals surface area contributed by atoms with Gasteiger partial charge in [-0.1, -0.05) is 47.6 Å². The number of rotatable bonds is 8. The summed E-state index contributed by atoms with van der Waals surface area (Å²) >= 11 is 7.26. The first kappa shape index (κ1) is 23.3. The van der Waals surface area contributed by atoms with Crippen molar-refractivity contribution in [2.75, 3.05) is 12.9 Å². The minimum Gasteiger partial charge on any atom is -0.504 e. The van der Waals surface area contributed by atoms with Crippen molar-refractivity contribution < 1.29 is 14.6 Å². The Morgan fingerprint density at radius 3 is 2.62 bits per heavy atom. The van der Waals surface area contributed by atoms with Gasteiger partial charge in [0.15, 0.2) is 22.5 Å². The quantitative estimate of drug-likeness (QED) is 0.212. The second kappa shape index (κ2) is 10.9. The molecule has 172 valence electrons. The molecule has 8 nitrogen and oxygen atoms in total. The first-order valence-corrected chi connectivity index (χ1v) is 11.5. The van der Waals surface area contributed by atoms with Crippen LogP contribution in [-0.2, 0) is 4.79 Å². The Kier molecular flexibility index (Phi) is 7.46. The molecule has 0 bridgehead atoms. The molecule has 0 fully saturated rings. The zero-order valence-electron chi connectivity index (χ0n) is 18.1. The van der Waals surface area contributed by atoms with Gasteiger partial charge < -0.3 is 9.84 Å². The molecule has 1 aromatic heterocycles. The van der Waals surface area contributed by atoms with Crippen molar-refractivity contribution in [3.8, 4) is 28.6 Å². The summed E-state index contributed by atoms with van der Waals surface area (Å²) in [7, 11) is 1.46. The van der Waals surface area contributed by atoms with Gasteiger partial charge in [0.1, 0.15) is 0 Å². The van der Waals surface area contributed by atoms with Gasteiger partial charge in [0.05, 0.1) is 19.1 Å². The third kappa shape index (κ3) is 5.38. The van der Waals surface area contributed by atoms with E-state index in [2.05, 4.69) is 20.7 Å². The van der Waals surface area contributed by atoms with E-state index in [9.17, 15) is 9.90 Å². The molecule has 34 heavy (non-hydrogen) atoms. The summed E-state index contributed by atoms with van der Waals surface area (Å²) in [5.41, 5.74) is 4.59. The number of aromatic nitrogens is 3. The van der Waals surface area contributed by atoms with E-state index in [1.807, 2.05) is 47.0 Å². The topological polar surface area (TPSA) is 102 Å². The number of benzene rings is 3. The number of aromatic hydroxyl groups is 1. The summed E-state index contributed by atoms with van der Waals surface area (Å²) in [5.74, 6) is 0.634. The lowest BCUT2D eigenvalue weighted by Gasteiger charge is -2.10. The number of ether oxygens (including phenoxy) is 1. The SMILES string of the molecule is COc1cccc(C=NNC(=O)CSc2nnc(-c3ccc(Cl)cc3)n2-c2ccccc2)c1O. The maximum Gasteiger partial charge on any atom is 0.250 e. The van der Waals surface area contributed by atoms with Crippen molar-refractivity contribution >= 4 is 35.5 Å². The summed E-state index contributed by atoms with van der Waals surface area (Å²) in [6.45, 7) is 0. The highest BCUT2D eigenvalue weighted by Gasteiger charge is 2.17. The standard InChI is InChI=1S/C24H20ClN5O3S/c1-33-20-9-5-6-17(22(20)32)14-26-27-21(31)15-34-24-29-28-23(16-10-12-18(25)13-11-16)30(24)19-7-3-2-4-8-19/h2-14,32H,15H2,1H3,(H,27,31). The number of hydrogen-bond donors (Lipinski definition) is 2. The Hall–Kier alpha value is -3.82. The molecule has 0 aliphatic heterocycles. The maximum atomic E-state index is 12.4. The number of nitrogens with one attached hydrogen (secondary N) is 1. The number of methoxy groups -OCH3 is 1. The first-order valence-electron chi connectivity index (χ1n) is 10.1. The number of amides is 1. The van der Waals surface area contributed by atoms with Gasteiger partial charge in [-0.2, -0.15) is 5.10 Å². The summed E-state index contributed by atoms with van der Waals surface area (Å²) in [4.78, 5) is 12.4. The maximum absolute atomic E-state index is 12.4. The molecule has 0 saturated heterocycles. The average molecular weight is 494 g/mol. The molecule has 0 spiro atoms. The van der Waals surface area contributed by atoms with E-state index in [1.165, 1.54) is 25.1 Å². The second-order valence-corrected chi connectivity index (χ2v) is 8.34. The monoisotopic (exact) mass is 493 g/mol. The molecule has 1 amide bonds. The molecular formula is C24H20ClN5O3S. The highest BCUT2D eigenvalue weighted by atomic mass is 35.5. The number of hydrazone groups is 1. The fourth-order valence-corrected chi connectivity index (χ4v) is 3.97. The Labute approximate surface area is 205 Å². The molecule has 0 aliphatic rings. The van der Waals surface area contributed by atoms with Gasteiger partial charge in [0.2, 0.25) is 0 Å². The van der Waals surface area contributed by atoms with Crippen LogP contribution in [0.15, 0.2) is 83.1 Å². The van der Waals surface area contributed by atoms with E-state index in [-0.39, 0.29) is 17.4 Å². The van der Waals surface area contributed by atoms with Crippen LogP contribution in [0.3, 0.4) is 0 Å². The highest BCUT2D eigenvalue weighted by molar-refractivity contribution is 7.99. The molecule has 4 rings (SSSR count). The van der Waals surface area contributed by atoms with Crippen molar-refractivity contribution in [2.24, 2.45) is 5.10 Å². The molecule has 0 radical (unpaired) electrons. The molecular weight excluding hydrogens is 474 g/mol. The summed E-state index contributed by atoms with van der Waals surface area (Å²) < 4.78 is 6.95. The second-order valence-electron chi connectivity index (χ2n) is 6.96. The fraction of sp³-hybridized carbons (Fsp3) is 0.0833. The predicted octanol–water partition coefficient (Wildman–Crippen LogP) is 4.54. The number of hydrogen-bond acceptors (Lipinski definition) is 7. The Bertz CT molecular complexity index is 1310. The number of thioether (sulfide) groups is 1. The molecule has 2 N–H and O–H groups in total. The molecule has 0 aliphatic carbocycles. The number of carbonyl (C=O) groups is 1. The molecule has 4 aromatic rings. The minimum absolute atomic E-state index is 0.0527. The normalized spacial score (nSPS) is 11.0. The smallest absolute Gasteiger partial charge is 0.250 e. The van der Waals surface area contributed by atoms with Crippen LogP contribution in [0.5, 0.6) is 11.5 Å². The fourth-order valence-electron chi connectivity index (χ4n) is 3.10. The number of para-hydroxylation sites is 2. The summed E-state index contributed by atoms with van der Waals surface area (Å²) in [6.07, 6.45) is 1.35. The van der Waals surface area contributed by atoms with Crippen LogP contribution in [0.2, 0.25) is 5.02 Å². The predicted molar refractivity (Wildman–Crippen MR) is 133 cm³/mol. The molecule has 1 heterocycles. The van der Waals surface area contributed by atoms with E-state index < -0.39 is 0 Å². The number of nitrogens with zero attached hydrogens (tertiary/aromatic N) is 4. The van der Waals surface area contributed by atoms with Crippen molar-refractivity contribution in [1.29, 1.82) is 0 Å². The number of halogens is 1. The van der Waals surface area contributed by atoms with Crippen molar-refractivity contribution in [3.05, 3.63) is 83.4 Å². The number of phenolic OH excluding ortho intramolecular Hbond substituents is 1. The van der Waals surface area contributed by atoms with E-state index in [0.717, 1.165) is 11.3 Å². The van der Waals surface area contributed by atoms with Crippen LogP contribution in [0, 0.1) is 0 Å². The summed E-state index contributed by atoms with van der Waals surface area (Å²) in [6, 6.07) is 22.0. The highest BCUT2D eigenvalue weighted by Crippen LogP contribution is 2.29. The number of phenols is 1. The zero-order chi connectivity index (χ0) is 23.9. The molecule has 0 atom stereocenters. The van der Waals surface area contributed by atoms with Crippen molar-refractivity contribution in [1.82, 2.24) is 20.2 Å². The van der Waals surface area contributed by atoms with Crippen molar-refractivity contribution in [3.63, 3.8) is 0 Å². The molecule has 3 aromatic carbocycles. The van der Waals surface area contributed by atoms with Gasteiger partial charge in [0, 0.05) is 21.8 Å². The van der Waals surface area contributed by atoms with Gasteiger partial charge in [-0.25, -0.2) is 5.43 Å². The van der Waals surface area contributed by atoms with E-state index in [0.29, 0.717) is 27.3 Å². The Morgan fingerprint density at radius 2 is 1.88 bits per heavy atom. The lowest BCUT2D eigenvalue weighted by molar-refractivity contribution is -0.118. The van der Waals surface area contributed by atoms with Gasteiger partial charge in [-0.15, -0.1) is 10.2 Å². The van der Waals surface area contributed by atoms with Gasteiger partial charge in [-0.3, -0.25) is 9.36 Å². The van der Waals surface area contributed by atoms with Crippen LogP contribution in [0.1, 0.15) is 5.56 Å². The molecule has 0 unspecified atom stereocenters. The van der Waals surface area contributed by atoms with Gasteiger partial charge >= 0.3 is 0 Å². The van der Waals surface area contributed by atoms with E-state index in [1.54, 1.807) is 30.3 Å². The van der Waals surface area contributed by atoms with Gasteiger partial charge in [0.25, 0.3) is 5.91 Å². The Balaban J connectivity index is 1.48. The first-order chi connectivity index (χ1) is 16.6. The third-order valence-corrected chi connectivity index (χ3v) is 5.91. The minimum atomic E-state index is -0.334. The van der Waals surface area contributed by atoms with Crippen molar-refractivity contribution in [2.45, 2.75) is 5.16 Å². The lowest BCUT2D eigenvalue weighted by Crippen LogP contribution is -2.20. The zero-order valence-corrected chi connectivity index (χ0v) is 19.6. The summed E-state index contributed by atoms with van der Waals surface area (Å²) in [5, 5.41) is 23.9. The van der Waals surface area contributed by atoms with Crippen LogP contribution >= 0.6 is 23.4 Å². The van der Waals surface area contributed by atoms with E-state index >= 15 is 0 Å². The number of carbonyl (C=O) groups excluding carboxylic acids is 1. The molecule has 0 saturated carbocycles. The largest absolute Gasteiger partial charge is 0.504 e.